The van der Waals surface area contributed by atoms with Gasteiger partial charge in [0, 0.05) is 37.1 Å². The number of nitrogens with zero attached hydrogens (tertiary/aromatic N) is 2. The summed E-state index contributed by atoms with van der Waals surface area (Å²) in [5.74, 6) is 1.65. The summed E-state index contributed by atoms with van der Waals surface area (Å²) < 4.78 is 0. The Morgan fingerprint density at radius 1 is 1.35 bits per heavy atom. The molecule has 1 aromatic rings. The highest BCUT2D eigenvalue weighted by molar-refractivity contribution is 7.99. The highest BCUT2D eigenvalue weighted by atomic mass is 32.2. The van der Waals surface area contributed by atoms with Crippen molar-refractivity contribution in [3.05, 3.63) is 30.1 Å². The minimum atomic E-state index is 0.278. The first kappa shape index (κ1) is 13.9. The number of likely N-dealkylation sites (tertiary alicyclic amines) is 1. The lowest BCUT2D eigenvalue weighted by molar-refractivity contribution is -0.128. The molecule has 3 heterocycles. The van der Waals surface area contributed by atoms with Crippen molar-refractivity contribution in [2.75, 3.05) is 18.8 Å². The van der Waals surface area contributed by atoms with Gasteiger partial charge in [-0.2, -0.15) is 0 Å². The molecule has 0 saturated carbocycles. The van der Waals surface area contributed by atoms with E-state index in [9.17, 15) is 4.79 Å². The van der Waals surface area contributed by atoms with Gasteiger partial charge in [-0.3, -0.25) is 9.78 Å². The number of pyridine rings is 1. The highest BCUT2D eigenvalue weighted by Gasteiger charge is 2.30. The molecule has 2 fully saturated rings. The first-order valence-electron chi connectivity index (χ1n) is 7.33. The number of hydrogen-bond acceptors (Lipinski definition) is 4. The molecule has 20 heavy (non-hydrogen) atoms. The largest absolute Gasteiger partial charge is 0.340 e. The summed E-state index contributed by atoms with van der Waals surface area (Å²) in [6.45, 7) is 1.80. The third kappa shape index (κ3) is 3.52. The average molecular weight is 291 g/mol. The van der Waals surface area contributed by atoms with Crippen LogP contribution in [0.5, 0.6) is 0 Å². The van der Waals surface area contributed by atoms with E-state index in [-0.39, 0.29) is 5.91 Å². The van der Waals surface area contributed by atoms with E-state index < -0.39 is 0 Å². The Kier molecular flexibility index (Phi) is 4.58. The van der Waals surface area contributed by atoms with E-state index in [2.05, 4.69) is 10.3 Å². The molecule has 1 N–H and O–H groups in total. The molecule has 0 aromatic carbocycles. The van der Waals surface area contributed by atoms with Crippen LogP contribution in [0.25, 0.3) is 0 Å². The monoisotopic (exact) mass is 291 g/mol. The molecule has 108 valence electrons. The van der Waals surface area contributed by atoms with Crippen LogP contribution >= 0.6 is 11.8 Å². The van der Waals surface area contributed by atoms with E-state index in [0.29, 0.717) is 17.8 Å². The number of nitrogens with one attached hydrogen (secondary N) is 1. The lowest BCUT2D eigenvalue weighted by Gasteiger charge is -2.24. The molecule has 3 rings (SSSR count). The number of carbonyl (C=O) groups excluding carboxylic acids is 1. The van der Waals surface area contributed by atoms with Gasteiger partial charge >= 0.3 is 0 Å². The molecule has 4 nitrogen and oxygen atoms in total. The van der Waals surface area contributed by atoms with Gasteiger partial charge < -0.3 is 10.2 Å². The van der Waals surface area contributed by atoms with E-state index in [1.54, 1.807) is 18.0 Å². The van der Waals surface area contributed by atoms with Gasteiger partial charge in [0.15, 0.2) is 0 Å². The Labute approximate surface area is 124 Å². The number of aromatic nitrogens is 1. The Bertz CT molecular complexity index is 454. The first-order chi connectivity index (χ1) is 9.81. The van der Waals surface area contributed by atoms with Crippen LogP contribution in [0, 0.1) is 0 Å². The topological polar surface area (TPSA) is 45.2 Å². The fourth-order valence-corrected chi connectivity index (χ4v) is 3.83. The van der Waals surface area contributed by atoms with E-state index in [0.717, 1.165) is 31.0 Å². The molecular formula is C15H21N3OS. The lowest BCUT2D eigenvalue weighted by Crippen LogP contribution is -2.39. The normalized spacial score (nSPS) is 25.5. The highest BCUT2D eigenvalue weighted by Crippen LogP contribution is 2.21. The van der Waals surface area contributed by atoms with Gasteiger partial charge in [-0.05, 0) is 31.4 Å². The Hall–Kier alpha value is -1.07. The quantitative estimate of drug-likeness (QED) is 0.916. The van der Waals surface area contributed by atoms with E-state index >= 15 is 0 Å². The van der Waals surface area contributed by atoms with Crippen molar-refractivity contribution in [3.8, 4) is 0 Å². The molecule has 2 saturated heterocycles. The van der Waals surface area contributed by atoms with Crippen LogP contribution in [0.1, 0.15) is 25.0 Å². The van der Waals surface area contributed by atoms with Gasteiger partial charge in [0.2, 0.25) is 5.91 Å². The predicted molar refractivity (Wildman–Crippen MR) is 81.5 cm³/mol. The molecule has 1 amide bonds. The first-order valence-corrected chi connectivity index (χ1v) is 8.48. The number of fused-ring (bicyclic) bond motifs is 2. The van der Waals surface area contributed by atoms with Gasteiger partial charge in [-0.1, -0.05) is 6.07 Å². The third-order valence-corrected chi connectivity index (χ3v) is 5.03. The van der Waals surface area contributed by atoms with E-state index in [1.165, 1.54) is 12.8 Å². The molecule has 1 aromatic heterocycles. The Balaban J connectivity index is 1.44. The summed E-state index contributed by atoms with van der Waals surface area (Å²) in [7, 11) is 0. The van der Waals surface area contributed by atoms with Gasteiger partial charge in [0.25, 0.3) is 0 Å². The number of carbonyl (C=O) groups is 1. The minimum absolute atomic E-state index is 0.278. The second-order valence-electron chi connectivity index (χ2n) is 5.58. The Morgan fingerprint density at radius 3 is 3.10 bits per heavy atom. The van der Waals surface area contributed by atoms with Crippen molar-refractivity contribution >= 4 is 17.7 Å². The maximum absolute atomic E-state index is 12.3. The summed E-state index contributed by atoms with van der Waals surface area (Å²) in [4.78, 5) is 18.6. The fourth-order valence-electron chi connectivity index (χ4n) is 2.99. The van der Waals surface area contributed by atoms with Crippen LogP contribution in [-0.4, -0.2) is 46.7 Å². The summed E-state index contributed by atoms with van der Waals surface area (Å²) in [5.41, 5.74) is 1.04. The number of amides is 1. The molecular weight excluding hydrogens is 270 g/mol. The van der Waals surface area contributed by atoms with Crippen LogP contribution in [0.4, 0.5) is 0 Å². The zero-order valence-corrected chi connectivity index (χ0v) is 12.4. The maximum atomic E-state index is 12.3. The number of hydrogen-bond donors (Lipinski definition) is 1. The number of rotatable bonds is 4. The van der Waals surface area contributed by atoms with Crippen molar-refractivity contribution < 1.29 is 4.79 Å². The number of thioether (sulfide) groups is 1. The van der Waals surface area contributed by atoms with Crippen molar-refractivity contribution in [1.29, 1.82) is 0 Å². The van der Waals surface area contributed by atoms with Crippen LogP contribution < -0.4 is 5.32 Å². The summed E-state index contributed by atoms with van der Waals surface area (Å²) in [5, 5.41) is 3.61. The van der Waals surface area contributed by atoms with E-state index in [4.69, 9.17) is 0 Å². The van der Waals surface area contributed by atoms with Crippen LogP contribution in [-0.2, 0) is 10.5 Å². The van der Waals surface area contributed by atoms with Crippen LogP contribution in [0.2, 0.25) is 0 Å². The fraction of sp³-hybridized carbons (Fsp3) is 0.600. The van der Waals surface area contributed by atoms with Crippen molar-refractivity contribution in [2.45, 2.75) is 37.1 Å². The zero-order valence-electron chi connectivity index (χ0n) is 11.6. The van der Waals surface area contributed by atoms with Gasteiger partial charge in [-0.25, -0.2) is 0 Å². The lowest BCUT2D eigenvalue weighted by atomic mass is 10.1. The van der Waals surface area contributed by atoms with Crippen molar-refractivity contribution in [3.63, 3.8) is 0 Å². The molecule has 0 aliphatic carbocycles. The molecule has 0 spiro atoms. The van der Waals surface area contributed by atoms with E-state index in [1.807, 2.05) is 23.1 Å². The SMILES string of the molecule is O=C(CSCc1ccccn1)N1CCC2CCC(C1)N2. The predicted octanol–water partition coefficient (Wildman–Crippen LogP) is 1.67. The zero-order chi connectivity index (χ0) is 13.8. The molecule has 2 atom stereocenters. The maximum Gasteiger partial charge on any atom is 0.232 e. The second-order valence-corrected chi connectivity index (χ2v) is 6.57. The standard InChI is InChI=1S/C15H21N3OS/c19-15(11-20-10-14-3-1-2-7-16-14)18-8-6-12-4-5-13(9-18)17-12/h1-3,7,12-13,17H,4-6,8-11H2. The van der Waals surface area contributed by atoms with Gasteiger partial charge in [-0.15, -0.1) is 11.8 Å². The summed E-state index contributed by atoms with van der Waals surface area (Å²) in [6, 6.07) is 7.07. The van der Waals surface area contributed by atoms with Crippen LogP contribution in [0.15, 0.2) is 24.4 Å². The van der Waals surface area contributed by atoms with Gasteiger partial charge in [0.1, 0.15) is 0 Å². The summed E-state index contributed by atoms with van der Waals surface area (Å²) in [6.07, 6.45) is 5.40. The second kappa shape index (κ2) is 6.59. The smallest absolute Gasteiger partial charge is 0.232 e. The average Bonchev–Trinajstić information content (AvgIpc) is 2.79. The minimum Gasteiger partial charge on any atom is -0.340 e. The molecule has 2 unspecified atom stereocenters. The Morgan fingerprint density at radius 2 is 2.25 bits per heavy atom. The van der Waals surface area contributed by atoms with Crippen molar-refractivity contribution in [2.24, 2.45) is 0 Å². The molecule has 2 bridgehead atoms. The molecule has 2 aliphatic heterocycles. The summed E-state index contributed by atoms with van der Waals surface area (Å²) >= 11 is 1.66. The van der Waals surface area contributed by atoms with Crippen LogP contribution in [0.3, 0.4) is 0 Å². The van der Waals surface area contributed by atoms with Crippen molar-refractivity contribution in [1.82, 2.24) is 15.2 Å². The third-order valence-electron chi connectivity index (χ3n) is 4.08. The molecule has 5 heteroatoms. The van der Waals surface area contributed by atoms with Gasteiger partial charge in [0.05, 0.1) is 11.4 Å². The molecule has 2 aliphatic rings. The molecule has 0 radical (unpaired) electrons.